The number of amides is 1. The van der Waals surface area contributed by atoms with Crippen molar-refractivity contribution in [3.63, 3.8) is 0 Å². The molecule has 1 N–H and O–H groups in total. The van der Waals surface area contributed by atoms with E-state index in [1.165, 1.54) is 7.11 Å². The van der Waals surface area contributed by atoms with Gasteiger partial charge < -0.3 is 19.2 Å². The number of ether oxygens (including phenoxy) is 2. The zero-order chi connectivity index (χ0) is 24.1. The molecule has 0 fully saturated rings. The van der Waals surface area contributed by atoms with Gasteiger partial charge in [-0.25, -0.2) is 13.4 Å². The van der Waals surface area contributed by atoms with E-state index in [1.54, 1.807) is 61.5 Å². The molecule has 176 valence electrons. The number of nitrogens with zero attached hydrogens (tertiary/aromatic N) is 1. The van der Waals surface area contributed by atoms with E-state index in [1.807, 2.05) is 0 Å². The topological polar surface area (TPSA) is 125 Å². The Morgan fingerprint density at radius 3 is 2.39 bits per heavy atom. The number of carbonyl (C=O) groups is 2. The monoisotopic (exact) mass is 474 g/mol. The van der Waals surface area contributed by atoms with Crippen molar-refractivity contribution in [1.29, 1.82) is 0 Å². The lowest BCUT2D eigenvalue weighted by Gasteiger charge is -2.31. The number of sulfone groups is 1. The second-order valence-corrected chi connectivity index (χ2v) is 9.73. The summed E-state index contributed by atoms with van der Waals surface area (Å²) in [6.45, 7) is 1.24. The van der Waals surface area contributed by atoms with Crippen molar-refractivity contribution < 1.29 is 31.9 Å². The van der Waals surface area contributed by atoms with Crippen LogP contribution in [0.3, 0.4) is 0 Å². The van der Waals surface area contributed by atoms with Gasteiger partial charge in [0, 0.05) is 19.8 Å². The normalized spacial score (nSPS) is 14.5. The van der Waals surface area contributed by atoms with Gasteiger partial charge in [0.25, 0.3) is 16.7 Å². The number of benzene rings is 2. The maximum absolute atomic E-state index is 13.4. The maximum atomic E-state index is 13.4. The van der Waals surface area contributed by atoms with Crippen LogP contribution in [0.2, 0.25) is 0 Å². The van der Waals surface area contributed by atoms with Crippen molar-refractivity contribution in [2.45, 2.75) is 30.7 Å². The summed E-state index contributed by atoms with van der Waals surface area (Å²) >= 11 is 0. The molecule has 0 bridgehead atoms. The second kappa shape index (κ2) is 10.2. The molecule has 0 aliphatic rings. The Balaban J connectivity index is 1.94. The fourth-order valence-corrected chi connectivity index (χ4v) is 4.46. The van der Waals surface area contributed by atoms with E-state index in [4.69, 9.17) is 13.9 Å². The van der Waals surface area contributed by atoms with Crippen LogP contribution in [0.25, 0.3) is 11.1 Å². The van der Waals surface area contributed by atoms with Gasteiger partial charge in [-0.15, -0.1) is 0 Å². The molecule has 1 heterocycles. The molecule has 2 atom stereocenters. The second-order valence-electron chi connectivity index (χ2n) is 7.52. The lowest BCUT2D eigenvalue weighted by Crippen LogP contribution is -2.59. The Hall–Kier alpha value is -3.08. The van der Waals surface area contributed by atoms with Crippen molar-refractivity contribution >= 4 is 32.6 Å². The van der Waals surface area contributed by atoms with E-state index < -0.39 is 39.3 Å². The van der Waals surface area contributed by atoms with Crippen LogP contribution in [0.4, 0.5) is 0 Å². The Morgan fingerprint density at radius 1 is 1.12 bits per heavy atom. The summed E-state index contributed by atoms with van der Waals surface area (Å²) in [4.78, 5) is 28.3. The first kappa shape index (κ1) is 24.6. The predicted molar refractivity (Wildman–Crippen MR) is 121 cm³/mol. The Kier molecular flexibility index (Phi) is 7.62. The Morgan fingerprint density at radius 2 is 1.79 bits per heavy atom. The van der Waals surface area contributed by atoms with Crippen molar-refractivity contribution in [2.75, 3.05) is 20.2 Å². The van der Waals surface area contributed by atoms with E-state index in [2.05, 4.69) is 10.3 Å². The number of methoxy groups -OCH3 is 1. The third kappa shape index (κ3) is 5.29. The van der Waals surface area contributed by atoms with Crippen LogP contribution < -0.4 is 5.32 Å². The van der Waals surface area contributed by atoms with Gasteiger partial charge in [0.15, 0.2) is 15.4 Å². The first-order valence-electron chi connectivity index (χ1n) is 10.3. The highest BCUT2D eigenvalue weighted by atomic mass is 32.2. The van der Waals surface area contributed by atoms with Gasteiger partial charge in [0.2, 0.25) is 5.78 Å². The van der Waals surface area contributed by atoms with Crippen LogP contribution >= 0.6 is 0 Å². The van der Waals surface area contributed by atoms with E-state index in [0.717, 1.165) is 6.26 Å². The summed E-state index contributed by atoms with van der Waals surface area (Å²) < 4.78 is 41.7. The summed E-state index contributed by atoms with van der Waals surface area (Å²) in [5, 5.41) is 2.54. The number of carbonyl (C=O) groups excluding carboxylic acids is 2. The first-order valence-corrected chi connectivity index (χ1v) is 12.2. The number of hydrogen-bond acceptors (Lipinski definition) is 8. The number of hydrogen-bond donors (Lipinski definition) is 1. The van der Waals surface area contributed by atoms with Gasteiger partial charge in [-0.1, -0.05) is 49.4 Å². The van der Waals surface area contributed by atoms with Crippen LogP contribution in [0.15, 0.2) is 59.0 Å². The van der Waals surface area contributed by atoms with Gasteiger partial charge in [-0.05, 0) is 24.1 Å². The SMILES string of the molecule is CC[C@H](NC(=O)[C@](Cc1ccccc1)(OCOC)S(C)(=O)=O)C(=O)c1nc2ccccc2o1. The number of nitrogens with one attached hydrogen (secondary N) is 1. The summed E-state index contributed by atoms with van der Waals surface area (Å²) in [5.74, 6) is -1.72. The van der Waals surface area contributed by atoms with Gasteiger partial charge >= 0.3 is 0 Å². The highest BCUT2D eigenvalue weighted by Gasteiger charge is 2.51. The van der Waals surface area contributed by atoms with Crippen LogP contribution in [0, 0.1) is 0 Å². The van der Waals surface area contributed by atoms with Gasteiger partial charge in [-0.2, -0.15) is 0 Å². The number of para-hydroxylation sites is 2. The number of oxazole rings is 1. The molecule has 0 aliphatic carbocycles. The minimum Gasteiger partial charge on any atom is -0.434 e. The predicted octanol–water partition coefficient (Wildman–Crippen LogP) is 2.51. The summed E-state index contributed by atoms with van der Waals surface area (Å²) in [6, 6.07) is 14.4. The van der Waals surface area contributed by atoms with Crippen molar-refractivity contribution in [3.8, 4) is 0 Å². The lowest BCUT2D eigenvalue weighted by molar-refractivity contribution is -0.149. The number of Topliss-reactive ketones (excluding diaryl/α,β-unsaturated/α-hetero) is 1. The molecule has 9 nitrogen and oxygen atoms in total. The smallest absolute Gasteiger partial charge is 0.269 e. The molecule has 1 aromatic heterocycles. The van der Waals surface area contributed by atoms with E-state index in [0.29, 0.717) is 16.7 Å². The number of aromatic nitrogens is 1. The number of fused-ring (bicyclic) bond motifs is 1. The van der Waals surface area contributed by atoms with Gasteiger partial charge in [0.05, 0.1) is 6.04 Å². The van der Waals surface area contributed by atoms with Crippen molar-refractivity contribution in [3.05, 3.63) is 66.1 Å². The molecule has 3 aromatic rings. The van der Waals surface area contributed by atoms with Crippen molar-refractivity contribution in [2.24, 2.45) is 0 Å². The minimum absolute atomic E-state index is 0.172. The largest absolute Gasteiger partial charge is 0.434 e. The fraction of sp³-hybridized carbons (Fsp3) is 0.348. The lowest BCUT2D eigenvalue weighted by atomic mass is 10.0. The van der Waals surface area contributed by atoms with Crippen molar-refractivity contribution in [1.82, 2.24) is 10.3 Å². The average molecular weight is 475 g/mol. The zero-order valence-corrected chi connectivity index (χ0v) is 19.4. The van der Waals surface area contributed by atoms with Crippen LogP contribution in [-0.2, 0) is 30.5 Å². The Bertz CT molecular complexity index is 1190. The third-order valence-electron chi connectivity index (χ3n) is 5.17. The van der Waals surface area contributed by atoms with Gasteiger partial charge in [-0.3, -0.25) is 9.59 Å². The fourth-order valence-electron chi connectivity index (χ4n) is 3.37. The number of ketones is 1. The molecule has 1 amide bonds. The molecule has 0 radical (unpaired) electrons. The minimum atomic E-state index is -4.13. The first-order chi connectivity index (χ1) is 15.7. The molecule has 10 heteroatoms. The summed E-state index contributed by atoms with van der Waals surface area (Å²) in [7, 11) is -2.81. The highest BCUT2D eigenvalue weighted by Crippen LogP contribution is 2.26. The molecule has 0 spiro atoms. The molecule has 33 heavy (non-hydrogen) atoms. The van der Waals surface area contributed by atoms with Crippen LogP contribution in [0.1, 0.15) is 29.6 Å². The standard InChI is InChI=1S/C23H26N2O7S/c1-4-17(20(26)21-24-18-12-8-9-13-19(18)32-21)25-22(27)23(31-15-30-2,33(3,28)29)14-16-10-6-5-7-11-16/h5-13,17H,4,14-15H2,1-3H3,(H,25,27)/t17-,23+/m0/s1. The molecule has 3 rings (SSSR count). The highest BCUT2D eigenvalue weighted by molar-refractivity contribution is 7.92. The zero-order valence-electron chi connectivity index (χ0n) is 18.6. The quantitative estimate of drug-likeness (QED) is 0.332. The molecule has 2 aromatic carbocycles. The van der Waals surface area contributed by atoms with E-state index >= 15 is 0 Å². The van der Waals surface area contributed by atoms with Crippen LogP contribution in [0.5, 0.6) is 0 Å². The molecule has 0 aliphatic heterocycles. The summed E-state index contributed by atoms with van der Waals surface area (Å²) in [6.07, 6.45) is 0.822. The Labute approximate surface area is 192 Å². The number of rotatable bonds is 11. The van der Waals surface area contributed by atoms with Crippen LogP contribution in [-0.4, -0.2) is 56.2 Å². The summed E-state index contributed by atoms with van der Waals surface area (Å²) in [5.41, 5.74) is 1.49. The third-order valence-corrected chi connectivity index (χ3v) is 6.81. The van der Waals surface area contributed by atoms with E-state index in [-0.39, 0.29) is 18.7 Å². The molecular formula is C23H26N2O7S. The average Bonchev–Trinajstić information content (AvgIpc) is 3.23. The maximum Gasteiger partial charge on any atom is 0.269 e. The molecular weight excluding hydrogens is 448 g/mol. The van der Waals surface area contributed by atoms with Gasteiger partial charge in [0.1, 0.15) is 12.3 Å². The molecule has 0 unspecified atom stereocenters. The molecule has 0 saturated carbocycles. The van der Waals surface area contributed by atoms with E-state index in [9.17, 15) is 18.0 Å². The molecule has 0 saturated heterocycles.